The van der Waals surface area contributed by atoms with Crippen LogP contribution in [0, 0.1) is 15.9 Å². The van der Waals surface area contributed by atoms with Crippen molar-refractivity contribution in [3.05, 3.63) is 75.6 Å². The molecule has 0 aliphatic rings. The minimum atomic E-state index is -1.31. The molecule has 2 rings (SSSR count). The van der Waals surface area contributed by atoms with E-state index in [0.717, 1.165) is 19.2 Å². The molecule has 0 aliphatic heterocycles. The number of nitro groups is 1. The summed E-state index contributed by atoms with van der Waals surface area (Å²) in [5, 5.41) is 13.4. The van der Waals surface area contributed by atoms with Crippen molar-refractivity contribution in [3.63, 3.8) is 0 Å². The maximum absolute atomic E-state index is 13.1. The van der Waals surface area contributed by atoms with Gasteiger partial charge in [-0.25, -0.2) is 9.18 Å². The molecule has 0 fully saturated rings. The van der Waals surface area contributed by atoms with Gasteiger partial charge >= 0.3 is 11.9 Å². The van der Waals surface area contributed by atoms with Gasteiger partial charge in [0, 0.05) is 23.6 Å². The molecule has 158 valence electrons. The van der Waals surface area contributed by atoms with Crippen LogP contribution in [0.1, 0.15) is 28.3 Å². The summed E-state index contributed by atoms with van der Waals surface area (Å²) in [6, 6.07) is 8.53. The number of benzene rings is 2. The SMILES string of the molecule is COC(=O)C[C@H](c1ccc([N+](=O)[O-])cc1)[C@H](NC(=O)c1ccc(F)cc1)C(=O)OC. The van der Waals surface area contributed by atoms with Gasteiger partial charge in [0.2, 0.25) is 0 Å². The lowest BCUT2D eigenvalue weighted by molar-refractivity contribution is -0.384. The quantitative estimate of drug-likeness (QED) is 0.396. The number of methoxy groups -OCH3 is 2. The molecule has 9 nitrogen and oxygen atoms in total. The molecule has 0 spiro atoms. The van der Waals surface area contributed by atoms with E-state index in [0.29, 0.717) is 5.56 Å². The molecule has 0 radical (unpaired) electrons. The standard InChI is InChI=1S/C20H19FN2O7/c1-29-17(24)11-16(12-5-9-15(10-6-12)23(27)28)18(20(26)30-2)22-19(25)13-3-7-14(21)8-4-13/h3-10,16,18H,11H2,1-2H3,(H,22,25)/t16-,18+/m1/s1. The molecule has 0 bridgehead atoms. The van der Waals surface area contributed by atoms with E-state index in [2.05, 4.69) is 10.1 Å². The van der Waals surface area contributed by atoms with Crippen LogP contribution in [0.3, 0.4) is 0 Å². The number of non-ortho nitro benzene ring substituents is 1. The Morgan fingerprint density at radius 3 is 2.13 bits per heavy atom. The van der Waals surface area contributed by atoms with E-state index in [-0.39, 0.29) is 17.7 Å². The highest BCUT2D eigenvalue weighted by Gasteiger charge is 2.34. The van der Waals surface area contributed by atoms with E-state index >= 15 is 0 Å². The molecule has 2 aromatic rings. The van der Waals surface area contributed by atoms with Crippen LogP contribution in [0.15, 0.2) is 48.5 Å². The highest BCUT2D eigenvalue weighted by atomic mass is 19.1. The Kier molecular flexibility index (Phi) is 7.56. The molecule has 0 aromatic heterocycles. The zero-order chi connectivity index (χ0) is 22.3. The van der Waals surface area contributed by atoms with E-state index < -0.39 is 40.5 Å². The van der Waals surface area contributed by atoms with Gasteiger partial charge in [0.15, 0.2) is 0 Å². The molecule has 1 N–H and O–H groups in total. The highest BCUT2D eigenvalue weighted by molar-refractivity contribution is 5.97. The number of carbonyl (C=O) groups is 3. The fraction of sp³-hybridized carbons (Fsp3) is 0.250. The van der Waals surface area contributed by atoms with E-state index in [4.69, 9.17) is 4.74 Å². The predicted octanol–water partition coefficient (Wildman–Crippen LogP) is 2.35. The Hall–Kier alpha value is -3.82. The summed E-state index contributed by atoms with van der Waals surface area (Å²) in [7, 11) is 2.28. The monoisotopic (exact) mass is 418 g/mol. The fourth-order valence-corrected chi connectivity index (χ4v) is 2.81. The zero-order valence-electron chi connectivity index (χ0n) is 16.2. The van der Waals surface area contributed by atoms with E-state index in [1.54, 1.807) is 0 Å². The van der Waals surface area contributed by atoms with Crippen LogP contribution in [0.4, 0.5) is 10.1 Å². The molecular weight excluding hydrogens is 399 g/mol. The summed E-state index contributed by atoms with van der Waals surface area (Å²) < 4.78 is 22.6. The summed E-state index contributed by atoms with van der Waals surface area (Å²) in [4.78, 5) is 47.3. The number of nitro benzene ring substituents is 1. The Labute approximate surface area is 170 Å². The molecule has 0 unspecified atom stereocenters. The highest BCUT2D eigenvalue weighted by Crippen LogP contribution is 2.27. The summed E-state index contributed by atoms with van der Waals surface area (Å²) in [5.74, 6) is -3.66. The zero-order valence-corrected chi connectivity index (χ0v) is 16.2. The van der Waals surface area contributed by atoms with Crippen molar-refractivity contribution < 1.29 is 33.2 Å². The lowest BCUT2D eigenvalue weighted by Crippen LogP contribution is -2.46. The number of nitrogens with one attached hydrogen (secondary N) is 1. The Balaban J connectivity index is 2.40. The number of halogens is 1. The number of amides is 1. The maximum Gasteiger partial charge on any atom is 0.329 e. The molecule has 1 amide bonds. The van der Waals surface area contributed by atoms with E-state index in [1.165, 1.54) is 43.5 Å². The summed E-state index contributed by atoms with van der Waals surface area (Å²) >= 11 is 0. The molecule has 0 saturated heterocycles. The van der Waals surface area contributed by atoms with Crippen molar-refractivity contribution in [2.75, 3.05) is 14.2 Å². The number of ether oxygens (including phenoxy) is 2. The first-order valence-electron chi connectivity index (χ1n) is 8.72. The van der Waals surface area contributed by atoms with Crippen LogP contribution in [-0.2, 0) is 19.1 Å². The Morgan fingerprint density at radius 2 is 1.63 bits per heavy atom. The third kappa shape index (κ3) is 5.60. The van der Waals surface area contributed by atoms with Crippen molar-refractivity contribution >= 4 is 23.5 Å². The van der Waals surface area contributed by atoms with Gasteiger partial charge in [0.05, 0.1) is 25.6 Å². The Morgan fingerprint density at radius 1 is 1.03 bits per heavy atom. The summed E-state index contributed by atoms with van der Waals surface area (Å²) in [6.07, 6.45) is -0.308. The summed E-state index contributed by atoms with van der Waals surface area (Å²) in [5.41, 5.74) is 0.284. The number of rotatable bonds is 8. The van der Waals surface area contributed by atoms with Crippen molar-refractivity contribution in [1.29, 1.82) is 0 Å². The number of nitrogens with zero attached hydrogens (tertiary/aromatic N) is 1. The van der Waals surface area contributed by atoms with Gasteiger partial charge in [-0.05, 0) is 29.8 Å². The average molecular weight is 418 g/mol. The Bertz CT molecular complexity index is 929. The van der Waals surface area contributed by atoms with Crippen molar-refractivity contribution in [1.82, 2.24) is 5.32 Å². The first-order valence-corrected chi connectivity index (χ1v) is 8.72. The van der Waals surface area contributed by atoms with Crippen LogP contribution in [0.25, 0.3) is 0 Å². The molecule has 2 atom stereocenters. The molecule has 0 saturated carbocycles. The largest absolute Gasteiger partial charge is 0.469 e. The van der Waals surface area contributed by atoms with Crippen LogP contribution in [0.2, 0.25) is 0 Å². The van der Waals surface area contributed by atoms with Crippen LogP contribution in [0.5, 0.6) is 0 Å². The molecule has 2 aromatic carbocycles. The van der Waals surface area contributed by atoms with Gasteiger partial charge in [-0.3, -0.25) is 19.7 Å². The van der Waals surface area contributed by atoms with Gasteiger partial charge in [0.1, 0.15) is 11.9 Å². The summed E-state index contributed by atoms with van der Waals surface area (Å²) in [6.45, 7) is 0. The third-order valence-electron chi connectivity index (χ3n) is 4.40. The van der Waals surface area contributed by atoms with E-state index in [1.807, 2.05) is 0 Å². The minimum Gasteiger partial charge on any atom is -0.469 e. The number of hydrogen-bond donors (Lipinski definition) is 1. The molecule has 30 heavy (non-hydrogen) atoms. The maximum atomic E-state index is 13.1. The van der Waals surface area contributed by atoms with Crippen LogP contribution >= 0.6 is 0 Å². The first kappa shape index (κ1) is 22.5. The van der Waals surface area contributed by atoms with Crippen molar-refractivity contribution in [2.24, 2.45) is 0 Å². The first-order chi connectivity index (χ1) is 14.3. The second-order valence-electron chi connectivity index (χ2n) is 6.22. The number of esters is 2. The second kappa shape index (κ2) is 10.1. The molecular formula is C20H19FN2O7. The number of carbonyl (C=O) groups excluding carboxylic acids is 3. The van der Waals surface area contributed by atoms with Crippen LogP contribution < -0.4 is 5.32 Å². The van der Waals surface area contributed by atoms with Gasteiger partial charge in [-0.1, -0.05) is 12.1 Å². The van der Waals surface area contributed by atoms with Gasteiger partial charge < -0.3 is 14.8 Å². The smallest absolute Gasteiger partial charge is 0.329 e. The molecule has 0 aliphatic carbocycles. The van der Waals surface area contributed by atoms with Gasteiger partial charge in [-0.2, -0.15) is 0 Å². The van der Waals surface area contributed by atoms with Gasteiger partial charge in [0.25, 0.3) is 11.6 Å². The third-order valence-corrected chi connectivity index (χ3v) is 4.40. The lowest BCUT2D eigenvalue weighted by Gasteiger charge is -2.26. The topological polar surface area (TPSA) is 125 Å². The lowest BCUT2D eigenvalue weighted by atomic mass is 9.88. The van der Waals surface area contributed by atoms with E-state index in [9.17, 15) is 28.9 Å². The van der Waals surface area contributed by atoms with Gasteiger partial charge in [-0.15, -0.1) is 0 Å². The van der Waals surface area contributed by atoms with Crippen molar-refractivity contribution in [3.8, 4) is 0 Å². The van der Waals surface area contributed by atoms with Crippen molar-refractivity contribution in [2.45, 2.75) is 18.4 Å². The minimum absolute atomic E-state index is 0.0887. The second-order valence-corrected chi connectivity index (χ2v) is 6.22. The fourth-order valence-electron chi connectivity index (χ4n) is 2.81. The van der Waals surface area contributed by atoms with Crippen LogP contribution in [-0.4, -0.2) is 43.0 Å². The molecule has 0 heterocycles. The predicted molar refractivity (Wildman–Crippen MR) is 102 cm³/mol. The average Bonchev–Trinajstić information content (AvgIpc) is 2.75. The normalized spacial score (nSPS) is 12.4. The molecule has 10 heteroatoms. The number of hydrogen-bond acceptors (Lipinski definition) is 7.